The van der Waals surface area contributed by atoms with E-state index in [2.05, 4.69) is 15.0 Å². The van der Waals surface area contributed by atoms with Crippen LogP contribution in [0.5, 0.6) is 5.88 Å². The van der Waals surface area contributed by atoms with Gasteiger partial charge in [-0.2, -0.15) is 9.50 Å². The third kappa shape index (κ3) is 2.34. The van der Waals surface area contributed by atoms with E-state index in [1.807, 2.05) is 19.9 Å². The third-order valence-corrected chi connectivity index (χ3v) is 3.52. The highest BCUT2D eigenvalue weighted by Gasteiger charge is 2.13. The summed E-state index contributed by atoms with van der Waals surface area (Å²) in [5.74, 6) is 0.953. The van der Waals surface area contributed by atoms with Gasteiger partial charge in [-0.05, 0) is 32.4 Å². The Morgan fingerprint density at radius 1 is 1.14 bits per heavy atom. The Kier molecular flexibility index (Phi) is 3.40. The van der Waals surface area contributed by atoms with E-state index in [1.54, 1.807) is 25.0 Å². The number of aryl methyl sites for hydroxylation is 3. The Hall–Kier alpha value is -2.70. The van der Waals surface area contributed by atoms with Crippen molar-refractivity contribution < 1.29 is 4.74 Å². The van der Waals surface area contributed by atoms with Crippen LogP contribution in [0.15, 0.2) is 23.3 Å². The second kappa shape index (κ2) is 5.25. The first-order valence-electron chi connectivity index (χ1n) is 6.92. The Balaban J connectivity index is 2.14. The number of ether oxygens (including phenoxy) is 1. The Morgan fingerprint density at radius 2 is 1.86 bits per heavy atom. The predicted molar refractivity (Wildman–Crippen MR) is 81.3 cm³/mol. The average Bonchev–Trinajstić information content (AvgIpc) is 2.84. The summed E-state index contributed by atoms with van der Waals surface area (Å²) in [6, 6.07) is 3.48. The van der Waals surface area contributed by atoms with Crippen LogP contribution in [-0.4, -0.2) is 31.3 Å². The number of rotatable bonds is 3. The van der Waals surface area contributed by atoms with Crippen molar-refractivity contribution in [3.63, 3.8) is 0 Å². The van der Waals surface area contributed by atoms with Gasteiger partial charge in [0.25, 0.3) is 11.3 Å². The van der Waals surface area contributed by atoms with E-state index in [4.69, 9.17) is 4.74 Å². The van der Waals surface area contributed by atoms with Crippen molar-refractivity contribution in [2.24, 2.45) is 0 Å². The molecule has 3 aromatic heterocycles. The van der Waals surface area contributed by atoms with Gasteiger partial charge < -0.3 is 4.74 Å². The summed E-state index contributed by atoms with van der Waals surface area (Å²) in [6.07, 6.45) is 1.60. The molecule has 22 heavy (non-hydrogen) atoms. The average molecular weight is 299 g/mol. The molecule has 3 heterocycles. The molecule has 0 radical (unpaired) electrons. The van der Waals surface area contributed by atoms with Crippen LogP contribution < -0.4 is 10.3 Å². The van der Waals surface area contributed by atoms with E-state index in [1.165, 1.54) is 10.6 Å². The largest absolute Gasteiger partial charge is 0.481 e. The van der Waals surface area contributed by atoms with Crippen molar-refractivity contribution in [3.05, 3.63) is 51.3 Å². The Labute approximate surface area is 127 Å². The second-order valence-corrected chi connectivity index (χ2v) is 5.26. The molecule has 0 atom stereocenters. The van der Waals surface area contributed by atoms with Crippen LogP contribution in [0.1, 0.15) is 22.5 Å². The molecule has 0 aromatic carbocycles. The fourth-order valence-electron chi connectivity index (χ4n) is 2.53. The van der Waals surface area contributed by atoms with Gasteiger partial charge in [0.1, 0.15) is 6.33 Å². The van der Waals surface area contributed by atoms with E-state index in [0.29, 0.717) is 23.9 Å². The second-order valence-electron chi connectivity index (χ2n) is 5.26. The van der Waals surface area contributed by atoms with Crippen molar-refractivity contribution >= 4 is 5.78 Å². The van der Waals surface area contributed by atoms with Crippen molar-refractivity contribution in [1.29, 1.82) is 0 Å². The molecule has 0 unspecified atom stereocenters. The van der Waals surface area contributed by atoms with Crippen LogP contribution in [0.2, 0.25) is 0 Å². The minimum atomic E-state index is -0.156. The van der Waals surface area contributed by atoms with Crippen LogP contribution >= 0.6 is 0 Å². The smallest absolute Gasteiger partial charge is 0.274 e. The topological polar surface area (TPSA) is 74.3 Å². The Morgan fingerprint density at radius 3 is 2.59 bits per heavy atom. The van der Waals surface area contributed by atoms with Crippen molar-refractivity contribution in [2.75, 3.05) is 7.11 Å². The molecule has 0 saturated carbocycles. The van der Waals surface area contributed by atoms with E-state index in [9.17, 15) is 4.79 Å². The van der Waals surface area contributed by atoms with Gasteiger partial charge in [0.05, 0.1) is 13.7 Å². The molecule has 0 saturated heterocycles. The summed E-state index contributed by atoms with van der Waals surface area (Å²) in [5.41, 5.74) is 3.36. The first-order chi connectivity index (χ1) is 10.5. The third-order valence-electron chi connectivity index (χ3n) is 3.52. The molecular weight excluding hydrogens is 282 g/mol. The summed E-state index contributed by atoms with van der Waals surface area (Å²) in [5, 5.41) is 0. The van der Waals surface area contributed by atoms with Gasteiger partial charge in [0, 0.05) is 23.0 Å². The van der Waals surface area contributed by atoms with Gasteiger partial charge in [-0.1, -0.05) is 0 Å². The van der Waals surface area contributed by atoms with Gasteiger partial charge in [-0.25, -0.2) is 9.97 Å². The predicted octanol–water partition coefficient (Wildman–Crippen LogP) is 1.27. The van der Waals surface area contributed by atoms with Crippen LogP contribution in [0.4, 0.5) is 0 Å². The maximum atomic E-state index is 12.2. The first kappa shape index (κ1) is 14.2. The zero-order valence-electron chi connectivity index (χ0n) is 13.0. The Bertz CT molecular complexity index is 910. The lowest BCUT2D eigenvalue weighted by atomic mass is 10.1. The van der Waals surface area contributed by atoms with Crippen LogP contribution in [0.25, 0.3) is 5.78 Å². The number of methoxy groups -OCH3 is 1. The number of pyridine rings is 1. The molecule has 0 aliphatic heterocycles. The monoisotopic (exact) mass is 299 g/mol. The summed E-state index contributed by atoms with van der Waals surface area (Å²) < 4.78 is 8.53. The lowest BCUT2D eigenvalue weighted by Crippen LogP contribution is -2.22. The standard InChI is InChI=1S/C15H17N5O2/c1-9-5-10(2)17-14(22-4)12(9)7-19-8-16-15-18-11(3)6-13(21)20(15)19/h5-6,8H,7H2,1-4H3. The first-order valence-corrected chi connectivity index (χ1v) is 6.92. The molecule has 0 amide bonds. The number of hydrogen-bond donors (Lipinski definition) is 0. The minimum Gasteiger partial charge on any atom is -0.481 e. The quantitative estimate of drug-likeness (QED) is 0.728. The summed E-state index contributed by atoms with van der Waals surface area (Å²) in [6.45, 7) is 6.13. The van der Waals surface area contributed by atoms with Crippen molar-refractivity contribution in [2.45, 2.75) is 27.3 Å². The molecule has 7 nitrogen and oxygen atoms in total. The molecule has 0 fully saturated rings. The van der Waals surface area contributed by atoms with Gasteiger partial charge in [0.2, 0.25) is 5.88 Å². The van der Waals surface area contributed by atoms with Gasteiger partial charge in [0.15, 0.2) is 0 Å². The number of nitrogens with zero attached hydrogens (tertiary/aromatic N) is 5. The lowest BCUT2D eigenvalue weighted by Gasteiger charge is -2.13. The van der Waals surface area contributed by atoms with E-state index in [-0.39, 0.29) is 5.56 Å². The lowest BCUT2D eigenvalue weighted by molar-refractivity contribution is 0.388. The molecule has 0 spiro atoms. The SMILES string of the molecule is COc1nc(C)cc(C)c1Cn1cnc2nc(C)cc(=O)n21. The number of fused-ring (bicyclic) bond motifs is 1. The molecule has 114 valence electrons. The molecule has 3 aromatic rings. The van der Waals surface area contributed by atoms with Crippen LogP contribution in [0, 0.1) is 20.8 Å². The molecule has 3 rings (SSSR count). The fourth-order valence-corrected chi connectivity index (χ4v) is 2.53. The molecule has 0 aliphatic rings. The van der Waals surface area contributed by atoms with E-state index >= 15 is 0 Å². The minimum absolute atomic E-state index is 0.156. The number of hydrogen-bond acceptors (Lipinski definition) is 5. The zero-order chi connectivity index (χ0) is 15.9. The highest BCUT2D eigenvalue weighted by atomic mass is 16.5. The van der Waals surface area contributed by atoms with E-state index < -0.39 is 0 Å². The highest BCUT2D eigenvalue weighted by Crippen LogP contribution is 2.21. The van der Waals surface area contributed by atoms with Gasteiger partial charge in [-0.15, -0.1) is 0 Å². The van der Waals surface area contributed by atoms with Crippen LogP contribution in [-0.2, 0) is 6.54 Å². The molecule has 7 heteroatoms. The molecule has 0 aliphatic carbocycles. The fraction of sp³-hybridized carbons (Fsp3) is 0.333. The molecule has 0 bridgehead atoms. The molecular formula is C15H17N5O2. The van der Waals surface area contributed by atoms with Crippen molar-refractivity contribution in [1.82, 2.24) is 24.1 Å². The number of aromatic nitrogens is 5. The normalized spacial score (nSPS) is 11.1. The zero-order valence-corrected chi connectivity index (χ0v) is 13.0. The maximum Gasteiger partial charge on any atom is 0.274 e. The summed E-state index contributed by atoms with van der Waals surface area (Å²) in [7, 11) is 1.59. The van der Waals surface area contributed by atoms with E-state index in [0.717, 1.165) is 16.8 Å². The summed E-state index contributed by atoms with van der Waals surface area (Å²) in [4.78, 5) is 25.0. The van der Waals surface area contributed by atoms with Crippen molar-refractivity contribution in [3.8, 4) is 5.88 Å². The van der Waals surface area contributed by atoms with Crippen LogP contribution in [0.3, 0.4) is 0 Å². The van der Waals surface area contributed by atoms with Gasteiger partial charge >= 0.3 is 0 Å². The highest BCUT2D eigenvalue weighted by molar-refractivity contribution is 5.36. The molecule has 0 N–H and O–H groups in total. The van der Waals surface area contributed by atoms with Gasteiger partial charge in [-0.3, -0.25) is 9.48 Å². The maximum absolute atomic E-state index is 12.2. The summed E-state index contributed by atoms with van der Waals surface area (Å²) >= 11 is 0.